The molecule has 1 amide bonds. The Bertz CT molecular complexity index is 1470. The summed E-state index contributed by atoms with van der Waals surface area (Å²) in [5.74, 6) is -1.72. The van der Waals surface area contributed by atoms with E-state index in [-0.39, 0.29) is 12.2 Å². The molecule has 4 aromatic rings. The number of phenolic OH excluding ortho intramolecular Hbond substituents is 1. The van der Waals surface area contributed by atoms with Crippen LogP contribution in [-0.4, -0.2) is 34.1 Å². The second-order valence-electron chi connectivity index (χ2n) is 8.27. The largest absolute Gasteiger partial charge is 0.548 e. The van der Waals surface area contributed by atoms with Crippen LogP contribution >= 0.6 is 0 Å². The Balaban J connectivity index is 1.54. The van der Waals surface area contributed by atoms with Gasteiger partial charge in [0.1, 0.15) is 17.1 Å². The molecule has 0 bridgehead atoms. The molecule has 0 saturated carbocycles. The summed E-state index contributed by atoms with van der Waals surface area (Å²) >= 11 is 0. The van der Waals surface area contributed by atoms with Gasteiger partial charge in [-0.25, -0.2) is 4.79 Å². The zero-order chi connectivity index (χ0) is 24.6. The van der Waals surface area contributed by atoms with Crippen molar-refractivity contribution < 1.29 is 29.0 Å². The summed E-state index contributed by atoms with van der Waals surface area (Å²) < 4.78 is 11.1. The fourth-order valence-corrected chi connectivity index (χ4v) is 3.95. The number of aryl methyl sites for hydroxylation is 2. The highest BCUT2D eigenvalue weighted by Crippen LogP contribution is 2.30. The van der Waals surface area contributed by atoms with Crippen LogP contribution < -0.4 is 20.8 Å². The summed E-state index contributed by atoms with van der Waals surface area (Å²) in [6.07, 6.45) is 0.522. The Kier molecular flexibility index (Phi) is 6.02. The highest BCUT2D eigenvalue weighted by atomic mass is 16.5. The van der Waals surface area contributed by atoms with Crippen LogP contribution in [0.25, 0.3) is 21.9 Å². The van der Waals surface area contributed by atoms with Crippen molar-refractivity contribution in [3.8, 4) is 11.5 Å². The average molecular weight is 463 g/mol. The minimum atomic E-state index is -1.45. The molecule has 2 heterocycles. The number of aliphatic carboxylic acids is 1. The molecule has 0 fully saturated rings. The van der Waals surface area contributed by atoms with Crippen LogP contribution in [-0.2, 0) is 16.0 Å². The van der Waals surface area contributed by atoms with Crippen molar-refractivity contribution in [3.63, 3.8) is 0 Å². The number of aromatic amines is 1. The molecular weight excluding hydrogens is 440 g/mol. The van der Waals surface area contributed by atoms with Crippen LogP contribution in [0.4, 0.5) is 0 Å². The topological polar surface area (TPSA) is 145 Å². The minimum absolute atomic E-state index is 0.0425. The number of amides is 1. The quantitative estimate of drug-likeness (QED) is 0.355. The lowest BCUT2D eigenvalue weighted by Crippen LogP contribution is -2.52. The smallest absolute Gasteiger partial charge is 0.336 e. The predicted octanol–water partition coefficient (Wildman–Crippen LogP) is 1.84. The zero-order valence-electron chi connectivity index (χ0n) is 18.8. The highest BCUT2D eigenvalue weighted by molar-refractivity contribution is 5.90. The molecule has 0 spiro atoms. The normalized spacial score (nSPS) is 13.0. The number of fused-ring (bicyclic) bond motifs is 2. The molecule has 0 aliphatic carbocycles. The fraction of sp³-hybridized carbons (Fsp3) is 0.240. The first-order valence-corrected chi connectivity index (χ1v) is 10.6. The first-order chi connectivity index (χ1) is 16.1. The number of hydrogen-bond acceptors (Lipinski definition) is 7. The summed E-state index contributed by atoms with van der Waals surface area (Å²) in [5.41, 5.74) is 2.56. The van der Waals surface area contributed by atoms with Gasteiger partial charge in [-0.2, -0.15) is 0 Å². The molecule has 176 valence electrons. The molecule has 4 rings (SSSR count). The van der Waals surface area contributed by atoms with Crippen molar-refractivity contribution in [2.24, 2.45) is 0 Å². The van der Waals surface area contributed by atoms with E-state index in [4.69, 9.17) is 9.15 Å². The molecule has 9 heteroatoms. The van der Waals surface area contributed by atoms with Gasteiger partial charge in [-0.1, -0.05) is 0 Å². The third-order valence-corrected chi connectivity index (χ3v) is 5.60. The van der Waals surface area contributed by atoms with E-state index in [1.54, 1.807) is 38.2 Å². The second-order valence-corrected chi connectivity index (χ2v) is 8.27. The van der Waals surface area contributed by atoms with Gasteiger partial charge in [0.2, 0.25) is 0 Å². The number of nitrogens with one attached hydrogen (secondary N) is 2. The lowest BCUT2D eigenvalue weighted by Gasteiger charge is -2.23. The van der Waals surface area contributed by atoms with Crippen LogP contribution in [0, 0.1) is 13.8 Å². The standard InChI is InChI=1S/C25H24N2O7/c1-12-6-20(23-13(2)8-22(29)34-21(23)7-12)33-14(3)24(30)27-19(25(31)32)9-15-11-26-18-5-4-16(28)10-17(15)18/h4-8,10-11,14,19,26,28H,9H2,1-3H3,(H,27,30)(H,31,32)/p-1/t14-,19-/m1/s1. The van der Waals surface area contributed by atoms with Crippen LogP contribution in [0.5, 0.6) is 11.5 Å². The summed E-state index contributed by atoms with van der Waals surface area (Å²) in [6, 6.07) is 8.13. The zero-order valence-corrected chi connectivity index (χ0v) is 18.8. The molecule has 0 unspecified atom stereocenters. The number of carbonyl (C=O) groups excluding carboxylic acids is 2. The number of hydrogen-bond donors (Lipinski definition) is 3. The minimum Gasteiger partial charge on any atom is -0.548 e. The molecule has 34 heavy (non-hydrogen) atoms. The van der Waals surface area contributed by atoms with Gasteiger partial charge in [0.25, 0.3) is 5.91 Å². The van der Waals surface area contributed by atoms with E-state index in [1.807, 2.05) is 0 Å². The average Bonchev–Trinajstić information content (AvgIpc) is 3.13. The Hall–Kier alpha value is -4.27. The molecule has 0 radical (unpaired) electrons. The molecule has 2 aromatic carbocycles. The number of H-pyrrole nitrogens is 1. The van der Waals surface area contributed by atoms with Crippen molar-refractivity contribution in [3.05, 3.63) is 69.7 Å². The first-order valence-electron chi connectivity index (χ1n) is 10.6. The molecule has 0 aliphatic rings. The van der Waals surface area contributed by atoms with Crippen molar-refractivity contribution in [2.75, 3.05) is 0 Å². The third-order valence-electron chi connectivity index (χ3n) is 5.60. The van der Waals surface area contributed by atoms with Crippen LogP contribution in [0.15, 0.2) is 51.8 Å². The molecule has 0 aliphatic heterocycles. The van der Waals surface area contributed by atoms with Crippen molar-refractivity contribution >= 4 is 33.7 Å². The lowest BCUT2D eigenvalue weighted by atomic mass is 10.0. The van der Waals surface area contributed by atoms with E-state index in [9.17, 15) is 24.6 Å². The van der Waals surface area contributed by atoms with Crippen LogP contribution in [0.1, 0.15) is 23.6 Å². The maximum absolute atomic E-state index is 12.8. The summed E-state index contributed by atoms with van der Waals surface area (Å²) in [7, 11) is 0. The fourth-order valence-electron chi connectivity index (χ4n) is 3.95. The molecule has 3 N–H and O–H groups in total. The Morgan fingerprint density at radius 2 is 1.97 bits per heavy atom. The Morgan fingerprint density at radius 1 is 1.21 bits per heavy atom. The van der Waals surface area contributed by atoms with E-state index in [0.717, 1.165) is 11.1 Å². The number of aromatic nitrogens is 1. The Morgan fingerprint density at radius 3 is 2.71 bits per heavy atom. The van der Waals surface area contributed by atoms with Crippen molar-refractivity contribution in [2.45, 2.75) is 39.3 Å². The summed E-state index contributed by atoms with van der Waals surface area (Å²) in [4.78, 5) is 39.3. The number of carboxylic acids is 1. The highest BCUT2D eigenvalue weighted by Gasteiger charge is 2.23. The van der Waals surface area contributed by atoms with Gasteiger partial charge >= 0.3 is 5.63 Å². The second kappa shape index (κ2) is 8.93. The molecule has 0 saturated heterocycles. The van der Waals surface area contributed by atoms with Crippen LogP contribution in [0.2, 0.25) is 0 Å². The van der Waals surface area contributed by atoms with Crippen molar-refractivity contribution in [1.82, 2.24) is 10.3 Å². The predicted molar refractivity (Wildman–Crippen MR) is 123 cm³/mol. The van der Waals surface area contributed by atoms with Gasteiger partial charge in [0, 0.05) is 29.6 Å². The number of carbonyl (C=O) groups is 2. The van der Waals surface area contributed by atoms with Gasteiger partial charge < -0.3 is 34.5 Å². The number of benzene rings is 2. The van der Waals surface area contributed by atoms with Crippen LogP contribution in [0.3, 0.4) is 0 Å². The molecule has 2 atom stereocenters. The SMILES string of the molecule is Cc1cc(O[C@H](C)C(=O)N[C@H](Cc2c[nH]c3ccc(O)cc23)C(=O)[O-])c2c(C)cc(=O)oc2c1. The lowest BCUT2D eigenvalue weighted by molar-refractivity contribution is -0.308. The number of phenols is 1. The Labute approximate surface area is 194 Å². The maximum Gasteiger partial charge on any atom is 0.336 e. The number of carboxylic acid groups (broad SMARTS) is 1. The van der Waals surface area contributed by atoms with E-state index in [2.05, 4.69) is 10.3 Å². The number of aromatic hydroxyl groups is 1. The number of rotatable bonds is 7. The van der Waals surface area contributed by atoms with E-state index >= 15 is 0 Å². The van der Waals surface area contributed by atoms with E-state index in [0.29, 0.717) is 33.2 Å². The van der Waals surface area contributed by atoms with Gasteiger partial charge in [0.05, 0.1) is 17.4 Å². The molecule has 2 aromatic heterocycles. The molecular formula is C25H23N2O7-. The van der Waals surface area contributed by atoms with Crippen molar-refractivity contribution in [1.29, 1.82) is 0 Å². The molecule has 9 nitrogen and oxygen atoms in total. The van der Waals surface area contributed by atoms with E-state index in [1.165, 1.54) is 25.1 Å². The third kappa shape index (κ3) is 4.59. The first kappa shape index (κ1) is 22.9. The summed E-state index contributed by atoms with van der Waals surface area (Å²) in [6.45, 7) is 5.02. The van der Waals surface area contributed by atoms with Gasteiger partial charge in [-0.3, -0.25) is 4.79 Å². The summed E-state index contributed by atoms with van der Waals surface area (Å²) in [5, 5.41) is 25.2. The number of ether oxygens (including phenoxy) is 1. The van der Waals surface area contributed by atoms with Gasteiger partial charge in [-0.15, -0.1) is 0 Å². The maximum atomic E-state index is 12.8. The monoisotopic (exact) mass is 463 g/mol. The van der Waals surface area contributed by atoms with E-state index < -0.39 is 29.6 Å². The van der Waals surface area contributed by atoms with Gasteiger partial charge in [0.15, 0.2) is 6.10 Å². The van der Waals surface area contributed by atoms with Gasteiger partial charge in [-0.05, 0) is 67.8 Å².